The lowest BCUT2D eigenvalue weighted by atomic mass is 10.1. The van der Waals surface area contributed by atoms with Crippen LogP contribution in [0, 0.1) is 13.8 Å². The van der Waals surface area contributed by atoms with Gasteiger partial charge in [0.2, 0.25) is 0 Å². The fourth-order valence-corrected chi connectivity index (χ4v) is 1.23. The van der Waals surface area contributed by atoms with Crippen molar-refractivity contribution in [1.29, 1.82) is 0 Å². The summed E-state index contributed by atoms with van der Waals surface area (Å²) in [6.07, 6.45) is 0. The summed E-state index contributed by atoms with van der Waals surface area (Å²) in [7, 11) is -4.05. The van der Waals surface area contributed by atoms with Gasteiger partial charge in [0, 0.05) is 9.24 Å². The molecule has 1 aromatic rings. The molecule has 1 atom stereocenters. The van der Waals surface area contributed by atoms with Gasteiger partial charge in [-0.2, -0.15) is 0 Å². The highest BCUT2D eigenvalue weighted by atomic mass is 31.0. The Hall–Kier alpha value is -0.565. The van der Waals surface area contributed by atoms with E-state index in [-0.39, 0.29) is 0 Å². The van der Waals surface area contributed by atoms with Crippen molar-refractivity contribution in [2.24, 2.45) is 0 Å². The highest BCUT2D eigenvalue weighted by Gasteiger charge is 2.20. The summed E-state index contributed by atoms with van der Waals surface area (Å²) in [6, 6.07) is 6.40. The first-order valence-electron chi connectivity index (χ1n) is 3.97. The van der Waals surface area contributed by atoms with Gasteiger partial charge in [-0.3, -0.25) is 0 Å². The molecule has 1 rings (SSSR count). The van der Waals surface area contributed by atoms with Crippen LogP contribution in [-0.4, -0.2) is 7.25 Å². The Balaban J connectivity index is 0.000000292. The zero-order valence-electron chi connectivity index (χ0n) is 8.03. The van der Waals surface area contributed by atoms with E-state index in [1.165, 1.54) is 16.4 Å². The summed E-state index contributed by atoms with van der Waals surface area (Å²) in [4.78, 5) is 0. The first-order valence-corrected chi connectivity index (χ1v) is 4.68. The quantitative estimate of drug-likeness (QED) is 0.362. The van der Waals surface area contributed by atoms with E-state index in [1.807, 2.05) is 9.24 Å². The molecule has 1 aromatic carbocycles. The molecule has 0 bridgehead atoms. The maximum Gasteiger partial charge on any atom is 0.673 e. The average Bonchev–Trinajstić information content (AvgIpc) is 1.97. The summed E-state index contributed by atoms with van der Waals surface area (Å²) in [5, 5.41) is 1.41. The van der Waals surface area contributed by atoms with E-state index in [4.69, 9.17) is 0 Å². The molecular formula is C8H12BF4P. The second-order valence-corrected chi connectivity index (χ2v) is 3.62. The normalized spacial score (nSPS) is 10.7. The van der Waals surface area contributed by atoms with Gasteiger partial charge in [0.05, 0.1) is 5.30 Å². The van der Waals surface area contributed by atoms with Crippen LogP contribution in [-0.2, 0) is 0 Å². The highest BCUT2D eigenvalue weighted by molar-refractivity contribution is 7.27. The van der Waals surface area contributed by atoms with Crippen LogP contribution in [0.1, 0.15) is 11.1 Å². The predicted octanol–water partition coefficient (Wildman–Crippen LogP) is 2.84. The minimum absolute atomic E-state index is 1.39. The van der Waals surface area contributed by atoms with Gasteiger partial charge in [-0.05, 0) is 31.0 Å². The molecule has 0 aliphatic carbocycles. The molecule has 0 radical (unpaired) electrons. The average molecular weight is 226 g/mol. The Labute approximate surface area is 83.0 Å². The molecule has 80 valence electrons. The Kier molecular flexibility index (Phi) is 5.13. The van der Waals surface area contributed by atoms with E-state index in [0.29, 0.717) is 0 Å². The van der Waals surface area contributed by atoms with E-state index >= 15 is 0 Å². The maximum atomic E-state index is 9.75. The number of hydrogen-bond acceptors (Lipinski definition) is 0. The van der Waals surface area contributed by atoms with E-state index in [2.05, 4.69) is 32.0 Å². The van der Waals surface area contributed by atoms with Gasteiger partial charge in [0.25, 0.3) is 0 Å². The standard InChI is InChI=1S/C8H11P.BF4/c1-6-4-3-5-8(9)7(6)2;2-1(3,4)5/h3-5H,9H2,1-2H3;/q;-1/p+1. The summed E-state index contributed by atoms with van der Waals surface area (Å²) < 4.78 is 39.0. The third-order valence-corrected chi connectivity index (χ3v) is 2.48. The summed E-state index contributed by atoms with van der Waals surface area (Å²) >= 11 is 0. The van der Waals surface area contributed by atoms with Crippen LogP contribution in [0.2, 0.25) is 0 Å². The zero-order valence-corrected chi connectivity index (χ0v) is 9.44. The van der Waals surface area contributed by atoms with Crippen molar-refractivity contribution in [3.63, 3.8) is 0 Å². The maximum absolute atomic E-state index is 9.75. The molecule has 0 fully saturated rings. The first kappa shape index (κ1) is 13.4. The third kappa shape index (κ3) is 6.90. The molecule has 0 amide bonds. The molecule has 6 heteroatoms. The topological polar surface area (TPSA) is 0 Å². The first-order chi connectivity index (χ1) is 6.22. The second kappa shape index (κ2) is 5.35. The highest BCUT2D eigenvalue weighted by Crippen LogP contribution is 2.06. The molecule has 0 N–H and O–H groups in total. The van der Waals surface area contributed by atoms with Crippen molar-refractivity contribution >= 4 is 21.8 Å². The molecule has 0 aliphatic rings. The number of halogens is 4. The molecule has 1 unspecified atom stereocenters. The van der Waals surface area contributed by atoms with Gasteiger partial charge in [-0.25, -0.2) is 0 Å². The lowest BCUT2D eigenvalue weighted by Crippen LogP contribution is -2.02. The minimum atomic E-state index is -6.00. The van der Waals surface area contributed by atoms with Crippen molar-refractivity contribution in [2.45, 2.75) is 13.8 Å². The van der Waals surface area contributed by atoms with Crippen LogP contribution in [0.5, 0.6) is 0 Å². The Bertz CT molecular complexity index is 272. The fraction of sp³-hybridized carbons (Fsp3) is 0.250. The molecule has 0 nitrogen and oxygen atoms in total. The van der Waals surface area contributed by atoms with Gasteiger partial charge >= 0.3 is 7.25 Å². The van der Waals surface area contributed by atoms with E-state index in [0.717, 1.165) is 0 Å². The van der Waals surface area contributed by atoms with Crippen molar-refractivity contribution in [1.82, 2.24) is 0 Å². The van der Waals surface area contributed by atoms with Gasteiger partial charge in [-0.1, -0.05) is 12.1 Å². The number of benzene rings is 1. The minimum Gasteiger partial charge on any atom is -0.418 e. The van der Waals surface area contributed by atoms with Gasteiger partial charge in [0.1, 0.15) is 0 Å². The molecule has 0 heterocycles. The molecule has 0 aliphatic heterocycles. The van der Waals surface area contributed by atoms with Crippen LogP contribution in [0.15, 0.2) is 18.2 Å². The van der Waals surface area contributed by atoms with Gasteiger partial charge < -0.3 is 17.3 Å². The van der Waals surface area contributed by atoms with Gasteiger partial charge in [-0.15, -0.1) is 0 Å². The van der Waals surface area contributed by atoms with Crippen molar-refractivity contribution < 1.29 is 17.3 Å². The van der Waals surface area contributed by atoms with Crippen LogP contribution in [0.4, 0.5) is 17.3 Å². The molecule has 0 aromatic heterocycles. The lowest BCUT2D eigenvalue weighted by Gasteiger charge is -1.96. The predicted molar refractivity (Wildman–Crippen MR) is 56.8 cm³/mol. The second-order valence-electron chi connectivity index (χ2n) is 2.85. The van der Waals surface area contributed by atoms with Crippen molar-refractivity contribution in [2.75, 3.05) is 0 Å². The van der Waals surface area contributed by atoms with Crippen LogP contribution in [0.3, 0.4) is 0 Å². The van der Waals surface area contributed by atoms with Crippen molar-refractivity contribution in [3.8, 4) is 0 Å². The van der Waals surface area contributed by atoms with Crippen LogP contribution >= 0.6 is 9.24 Å². The largest absolute Gasteiger partial charge is 0.673 e. The molecule has 14 heavy (non-hydrogen) atoms. The van der Waals surface area contributed by atoms with E-state index < -0.39 is 7.25 Å². The number of aryl methyl sites for hydroxylation is 1. The fourth-order valence-electron chi connectivity index (χ4n) is 0.812. The number of hydrogen-bond donors (Lipinski definition) is 0. The Morgan fingerprint density at radius 1 is 1.07 bits per heavy atom. The van der Waals surface area contributed by atoms with Crippen LogP contribution < -0.4 is 5.30 Å². The summed E-state index contributed by atoms with van der Waals surface area (Å²) in [5.41, 5.74) is 2.82. The lowest BCUT2D eigenvalue weighted by molar-refractivity contribution is 0.368. The van der Waals surface area contributed by atoms with Gasteiger partial charge in [0.15, 0.2) is 0 Å². The SMILES string of the molecule is Cc1cccc([PH3+])c1C.F[B-](F)(F)F. The number of rotatable bonds is 0. The Morgan fingerprint density at radius 2 is 1.50 bits per heavy atom. The third-order valence-electron chi connectivity index (χ3n) is 1.72. The zero-order chi connectivity index (χ0) is 11.4. The van der Waals surface area contributed by atoms with Crippen LogP contribution in [0.25, 0.3) is 0 Å². The van der Waals surface area contributed by atoms with E-state index in [1.54, 1.807) is 0 Å². The Morgan fingerprint density at radius 3 is 1.79 bits per heavy atom. The summed E-state index contributed by atoms with van der Waals surface area (Å²) in [6.45, 7) is 4.31. The molecular weight excluding hydrogens is 214 g/mol. The van der Waals surface area contributed by atoms with Crippen molar-refractivity contribution in [3.05, 3.63) is 29.3 Å². The smallest absolute Gasteiger partial charge is 0.418 e. The van der Waals surface area contributed by atoms with E-state index in [9.17, 15) is 17.3 Å². The molecule has 0 saturated carbocycles. The summed E-state index contributed by atoms with van der Waals surface area (Å²) in [5.74, 6) is 0. The molecule has 0 saturated heterocycles. The monoisotopic (exact) mass is 226 g/mol. The molecule has 0 spiro atoms.